The largest absolute Gasteiger partial charge is 0.503 e. The van der Waals surface area contributed by atoms with Crippen molar-refractivity contribution >= 4 is 34.1 Å². The first-order chi connectivity index (χ1) is 11.9. The van der Waals surface area contributed by atoms with Crippen molar-refractivity contribution in [2.45, 2.75) is 38.1 Å². The van der Waals surface area contributed by atoms with Gasteiger partial charge in [0.15, 0.2) is 11.5 Å². The number of carbonyl (C=O) groups is 2. The van der Waals surface area contributed by atoms with E-state index in [1.54, 1.807) is 12.1 Å². The number of nitrogens with zero attached hydrogens (tertiary/aromatic N) is 2. The van der Waals surface area contributed by atoms with E-state index in [1.807, 2.05) is 0 Å². The van der Waals surface area contributed by atoms with Gasteiger partial charge in [0.25, 0.3) is 5.91 Å². The Kier molecular flexibility index (Phi) is 4.73. The van der Waals surface area contributed by atoms with E-state index in [0.717, 1.165) is 17.9 Å². The second kappa shape index (κ2) is 6.67. The molecule has 1 aromatic rings. The highest BCUT2D eigenvalue weighted by atomic mass is 79.9. The summed E-state index contributed by atoms with van der Waals surface area (Å²) in [5.41, 5.74) is -0.228. The fourth-order valence-electron chi connectivity index (χ4n) is 3.25. The summed E-state index contributed by atoms with van der Waals surface area (Å²) >= 11 is 3.23. The van der Waals surface area contributed by atoms with E-state index in [9.17, 15) is 14.7 Å². The molecule has 0 radical (unpaired) electrons. The number of rotatable bonds is 3. The van der Waals surface area contributed by atoms with Crippen molar-refractivity contribution < 1.29 is 19.4 Å². The predicted molar refractivity (Wildman–Crippen MR) is 95.7 cm³/mol. The number of imide groups is 1. The van der Waals surface area contributed by atoms with Gasteiger partial charge in [0.1, 0.15) is 5.54 Å². The first-order valence-corrected chi connectivity index (χ1v) is 8.93. The number of halogens is 1. The number of ether oxygens (including phenoxy) is 1. The lowest BCUT2D eigenvalue weighted by Crippen LogP contribution is -2.49. The Hall–Kier alpha value is -2.09. The third kappa shape index (κ3) is 3.22. The minimum Gasteiger partial charge on any atom is -0.503 e. The van der Waals surface area contributed by atoms with E-state index in [1.165, 1.54) is 13.3 Å². The summed E-state index contributed by atoms with van der Waals surface area (Å²) < 4.78 is 5.51. The summed E-state index contributed by atoms with van der Waals surface area (Å²) in [5, 5.41) is 17.6. The maximum absolute atomic E-state index is 12.7. The number of phenols is 1. The number of aromatic hydroxyl groups is 1. The second-order valence-electron chi connectivity index (χ2n) is 6.61. The van der Waals surface area contributed by atoms with Gasteiger partial charge < -0.3 is 15.2 Å². The molecular formula is C17H20BrN3O4. The lowest BCUT2D eigenvalue weighted by Gasteiger charge is -2.33. The fraction of sp³-hybridized carbons (Fsp3) is 0.471. The van der Waals surface area contributed by atoms with Crippen LogP contribution in [0.5, 0.6) is 11.5 Å². The Morgan fingerprint density at radius 2 is 2.08 bits per heavy atom. The van der Waals surface area contributed by atoms with Crippen molar-refractivity contribution in [2.75, 3.05) is 7.11 Å². The van der Waals surface area contributed by atoms with Gasteiger partial charge in [-0.05, 0) is 65.2 Å². The van der Waals surface area contributed by atoms with Gasteiger partial charge in [0.05, 0.1) is 17.8 Å². The molecule has 8 heteroatoms. The van der Waals surface area contributed by atoms with E-state index in [-0.39, 0.29) is 17.4 Å². The smallest absolute Gasteiger partial charge is 0.346 e. The number of benzene rings is 1. The van der Waals surface area contributed by atoms with Crippen LogP contribution >= 0.6 is 15.9 Å². The average molecular weight is 410 g/mol. The van der Waals surface area contributed by atoms with Gasteiger partial charge >= 0.3 is 6.03 Å². The maximum atomic E-state index is 12.7. The van der Waals surface area contributed by atoms with Crippen molar-refractivity contribution in [1.82, 2.24) is 10.3 Å². The van der Waals surface area contributed by atoms with Crippen LogP contribution in [0.3, 0.4) is 0 Å². The minimum atomic E-state index is -0.811. The lowest BCUT2D eigenvalue weighted by atomic mass is 9.77. The molecule has 2 N–H and O–H groups in total. The number of urea groups is 1. The summed E-state index contributed by atoms with van der Waals surface area (Å²) in [5.74, 6) is 0.510. The van der Waals surface area contributed by atoms with E-state index >= 15 is 0 Å². The number of amides is 3. The molecule has 2 aliphatic rings. The third-order valence-electron chi connectivity index (χ3n) is 4.86. The molecule has 1 aliphatic heterocycles. The average Bonchev–Trinajstić information content (AvgIpc) is 2.82. The number of hydrogen-bond donors (Lipinski definition) is 2. The number of methoxy groups -OCH3 is 1. The topological polar surface area (TPSA) is 91.2 Å². The molecule has 0 atom stereocenters. The van der Waals surface area contributed by atoms with Crippen LogP contribution in [0, 0.1) is 5.92 Å². The van der Waals surface area contributed by atoms with E-state index in [2.05, 4.69) is 33.3 Å². The minimum absolute atomic E-state index is 0.0232. The zero-order valence-electron chi connectivity index (χ0n) is 14.1. The SMILES string of the molecule is COc1cc(C=NN2C(=O)NC3(CCC(C)CC3)C2=O)cc(Br)c1O. The van der Waals surface area contributed by atoms with Crippen molar-refractivity contribution in [3.63, 3.8) is 0 Å². The van der Waals surface area contributed by atoms with Crippen molar-refractivity contribution in [3.05, 3.63) is 22.2 Å². The molecule has 3 amide bonds. The molecule has 134 valence electrons. The zero-order valence-corrected chi connectivity index (χ0v) is 15.7. The van der Waals surface area contributed by atoms with Crippen LogP contribution in [-0.4, -0.2) is 40.9 Å². The standard InChI is InChI=1S/C17H20BrN3O4/c1-10-3-5-17(6-4-10)15(23)21(16(24)20-17)19-9-11-7-12(18)14(22)13(8-11)25-2/h7-10,22H,3-6H2,1-2H3,(H,20,24). The van der Waals surface area contributed by atoms with Crippen molar-refractivity contribution in [2.24, 2.45) is 11.0 Å². The molecule has 1 spiro atoms. The molecule has 0 unspecified atom stereocenters. The first kappa shape index (κ1) is 17.7. The zero-order chi connectivity index (χ0) is 18.2. The molecule has 1 heterocycles. The molecule has 0 aromatic heterocycles. The number of nitrogens with one attached hydrogen (secondary N) is 1. The molecule has 1 aromatic carbocycles. The van der Waals surface area contributed by atoms with Crippen LogP contribution < -0.4 is 10.1 Å². The summed E-state index contributed by atoms with van der Waals surface area (Å²) in [6.45, 7) is 2.15. The maximum Gasteiger partial charge on any atom is 0.346 e. The van der Waals surface area contributed by atoms with Gasteiger partial charge in [0.2, 0.25) is 0 Å². The Morgan fingerprint density at radius 3 is 2.72 bits per heavy atom. The number of carbonyl (C=O) groups excluding carboxylic acids is 2. The van der Waals surface area contributed by atoms with Gasteiger partial charge in [-0.25, -0.2) is 4.79 Å². The highest BCUT2D eigenvalue weighted by Gasteiger charge is 2.52. The van der Waals surface area contributed by atoms with Crippen molar-refractivity contribution in [1.29, 1.82) is 0 Å². The summed E-state index contributed by atoms with van der Waals surface area (Å²) in [6.07, 6.45) is 4.50. The van der Waals surface area contributed by atoms with Crippen molar-refractivity contribution in [3.8, 4) is 11.5 Å². The van der Waals surface area contributed by atoms with E-state index in [4.69, 9.17) is 4.74 Å². The van der Waals surface area contributed by atoms with Gasteiger partial charge in [-0.1, -0.05) is 6.92 Å². The molecule has 1 saturated carbocycles. The van der Waals surface area contributed by atoms with Crippen LogP contribution in [0.15, 0.2) is 21.7 Å². The van der Waals surface area contributed by atoms with Crippen LogP contribution in [0.1, 0.15) is 38.2 Å². The number of hydrazone groups is 1. The molecular weight excluding hydrogens is 390 g/mol. The van der Waals surface area contributed by atoms with Gasteiger partial charge in [-0.15, -0.1) is 5.01 Å². The van der Waals surface area contributed by atoms with Crippen LogP contribution in [0.2, 0.25) is 0 Å². The summed E-state index contributed by atoms with van der Waals surface area (Å²) in [7, 11) is 1.44. The van der Waals surface area contributed by atoms with Gasteiger partial charge in [0, 0.05) is 0 Å². The molecule has 1 saturated heterocycles. The Bertz CT molecular complexity index is 742. The fourth-order valence-corrected chi connectivity index (χ4v) is 3.71. The first-order valence-electron chi connectivity index (χ1n) is 8.13. The molecule has 25 heavy (non-hydrogen) atoms. The predicted octanol–water partition coefficient (Wildman–Crippen LogP) is 3.00. The number of phenolic OH excluding ortho intramolecular Hbond substituents is 1. The molecule has 1 aliphatic carbocycles. The summed E-state index contributed by atoms with van der Waals surface area (Å²) in [6, 6.07) is 2.69. The highest BCUT2D eigenvalue weighted by Crippen LogP contribution is 2.37. The van der Waals surface area contributed by atoms with Gasteiger partial charge in [-0.3, -0.25) is 4.79 Å². The lowest BCUT2D eigenvalue weighted by molar-refractivity contribution is -0.132. The Labute approximate surface area is 154 Å². The molecule has 7 nitrogen and oxygen atoms in total. The Morgan fingerprint density at radius 1 is 1.40 bits per heavy atom. The summed E-state index contributed by atoms with van der Waals surface area (Å²) in [4.78, 5) is 24.9. The normalized spacial score (nSPS) is 26.5. The van der Waals surface area contributed by atoms with Crippen LogP contribution in [-0.2, 0) is 4.79 Å². The second-order valence-corrected chi connectivity index (χ2v) is 7.46. The quantitative estimate of drug-likeness (QED) is 0.592. The molecule has 2 fully saturated rings. The Balaban J connectivity index is 1.81. The van der Waals surface area contributed by atoms with E-state index < -0.39 is 11.6 Å². The van der Waals surface area contributed by atoms with Crippen LogP contribution in [0.4, 0.5) is 4.79 Å². The molecule has 0 bridgehead atoms. The monoisotopic (exact) mass is 409 g/mol. The molecule has 3 rings (SSSR count). The third-order valence-corrected chi connectivity index (χ3v) is 5.47. The van der Waals surface area contributed by atoms with Crippen LogP contribution in [0.25, 0.3) is 0 Å². The number of hydrogen-bond acceptors (Lipinski definition) is 5. The van der Waals surface area contributed by atoms with Gasteiger partial charge in [-0.2, -0.15) is 5.10 Å². The van der Waals surface area contributed by atoms with E-state index in [0.29, 0.717) is 28.8 Å². The highest BCUT2D eigenvalue weighted by molar-refractivity contribution is 9.10.